The molecule has 0 saturated carbocycles. The van der Waals surface area contributed by atoms with Crippen LogP contribution in [0.5, 0.6) is 0 Å². The van der Waals surface area contributed by atoms with Crippen LogP contribution in [0.15, 0.2) is 18.2 Å². The molecule has 0 saturated heterocycles. The van der Waals surface area contributed by atoms with E-state index in [0.717, 1.165) is 19.2 Å². The zero-order chi connectivity index (χ0) is 12.3. The molecule has 0 aliphatic rings. The summed E-state index contributed by atoms with van der Waals surface area (Å²) >= 11 is 0. The van der Waals surface area contributed by atoms with Gasteiger partial charge < -0.3 is 9.84 Å². The Hall–Kier alpha value is -2.02. The summed E-state index contributed by atoms with van der Waals surface area (Å²) in [5.74, 6) is -2.33. The van der Waals surface area contributed by atoms with Crippen LogP contribution in [0.1, 0.15) is 11.7 Å². The van der Waals surface area contributed by atoms with E-state index in [9.17, 15) is 24.4 Å². The monoisotopic (exact) mass is 229 g/mol. The summed E-state index contributed by atoms with van der Waals surface area (Å²) in [7, 11) is 1.01. The van der Waals surface area contributed by atoms with Crippen LogP contribution in [0.4, 0.5) is 10.1 Å². The number of halogens is 1. The van der Waals surface area contributed by atoms with Crippen LogP contribution >= 0.6 is 0 Å². The van der Waals surface area contributed by atoms with Gasteiger partial charge >= 0.3 is 11.7 Å². The lowest BCUT2D eigenvalue weighted by atomic mass is 10.1. The lowest BCUT2D eigenvalue weighted by Gasteiger charge is -2.09. The number of hydrogen-bond acceptors (Lipinski definition) is 5. The summed E-state index contributed by atoms with van der Waals surface area (Å²) in [4.78, 5) is 20.4. The molecule has 1 N–H and O–H groups in total. The van der Waals surface area contributed by atoms with Crippen LogP contribution < -0.4 is 0 Å². The first kappa shape index (κ1) is 12.1. The highest BCUT2D eigenvalue weighted by molar-refractivity contribution is 5.76. The summed E-state index contributed by atoms with van der Waals surface area (Å²) in [6, 6.07) is 3.18. The lowest BCUT2D eigenvalue weighted by molar-refractivity contribution is -0.387. The summed E-state index contributed by atoms with van der Waals surface area (Å²) in [6.07, 6.45) is -1.87. The second kappa shape index (κ2) is 4.67. The molecule has 0 fully saturated rings. The number of rotatable bonds is 3. The van der Waals surface area contributed by atoms with E-state index in [1.165, 1.54) is 6.07 Å². The van der Waals surface area contributed by atoms with E-state index < -0.39 is 34.1 Å². The van der Waals surface area contributed by atoms with Gasteiger partial charge in [-0.25, -0.2) is 4.79 Å². The highest BCUT2D eigenvalue weighted by Crippen LogP contribution is 2.25. The molecule has 16 heavy (non-hydrogen) atoms. The smallest absolute Gasteiger partial charge is 0.339 e. The molecule has 0 radical (unpaired) electrons. The Bertz CT molecular complexity index is 434. The van der Waals surface area contributed by atoms with Gasteiger partial charge in [-0.05, 0) is 0 Å². The molecular formula is C9H8FNO5. The molecule has 1 atom stereocenters. The minimum atomic E-state index is -1.87. The first-order valence-corrected chi connectivity index (χ1v) is 4.17. The molecular weight excluding hydrogens is 221 g/mol. The third kappa shape index (κ3) is 2.14. The molecule has 0 aromatic heterocycles. The molecule has 0 aliphatic heterocycles. The van der Waals surface area contributed by atoms with Gasteiger partial charge in [0.2, 0.25) is 5.82 Å². The van der Waals surface area contributed by atoms with E-state index in [1.54, 1.807) is 0 Å². The number of hydrogen-bond donors (Lipinski definition) is 1. The maximum atomic E-state index is 13.5. The maximum absolute atomic E-state index is 13.5. The van der Waals surface area contributed by atoms with Gasteiger partial charge in [-0.2, -0.15) is 4.39 Å². The topological polar surface area (TPSA) is 89.7 Å². The van der Waals surface area contributed by atoms with Crippen molar-refractivity contribution < 1.29 is 24.0 Å². The Balaban J connectivity index is 3.20. The Morgan fingerprint density at radius 1 is 1.62 bits per heavy atom. The van der Waals surface area contributed by atoms with E-state index in [1.807, 2.05) is 0 Å². The summed E-state index contributed by atoms with van der Waals surface area (Å²) in [6.45, 7) is 0. The molecule has 0 heterocycles. The number of benzene rings is 1. The van der Waals surface area contributed by atoms with Crippen molar-refractivity contribution in [2.75, 3.05) is 7.11 Å². The number of carbonyl (C=O) groups is 1. The molecule has 1 rings (SSSR count). The minimum Gasteiger partial charge on any atom is -0.467 e. The molecule has 7 heteroatoms. The zero-order valence-corrected chi connectivity index (χ0v) is 8.21. The van der Waals surface area contributed by atoms with Gasteiger partial charge in [-0.15, -0.1) is 0 Å². The number of carbonyl (C=O) groups excluding carboxylic acids is 1. The number of aliphatic hydroxyl groups excluding tert-OH is 1. The average Bonchev–Trinajstić information content (AvgIpc) is 2.27. The average molecular weight is 229 g/mol. The molecule has 1 aromatic rings. The zero-order valence-electron chi connectivity index (χ0n) is 8.21. The number of aliphatic hydroxyl groups is 1. The first-order valence-electron chi connectivity index (χ1n) is 4.17. The van der Waals surface area contributed by atoms with Crippen molar-refractivity contribution >= 4 is 11.7 Å². The number of nitro groups is 1. The lowest BCUT2D eigenvalue weighted by Crippen LogP contribution is -2.15. The Labute approximate surface area is 89.4 Å². The molecule has 6 nitrogen and oxygen atoms in total. The summed E-state index contributed by atoms with van der Waals surface area (Å²) < 4.78 is 17.7. The fraction of sp³-hybridized carbons (Fsp3) is 0.222. The highest BCUT2D eigenvalue weighted by atomic mass is 19.1. The minimum absolute atomic E-state index is 0.485. The van der Waals surface area contributed by atoms with Gasteiger partial charge in [-0.3, -0.25) is 10.1 Å². The van der Waals surface area contributed by atoms with Crippen LogP contribution in [0.25, 0.3) is 0 Å². The molecule has 0 bridgehead atoms. The van der Waals surface area contributed by atoms with Gasteiger partial charge in [-0.1, -0.05) is 12.1 Å². The van der Waals surface area contributed by atoms with Crippen molar-refractivity contribution in [3.05, 3.63) is 39.7 Å². The molecule has 1 unspecified atom stereocenters. The number of nitrogens with zero attached hydrogens (tertiary/aromatic N) is 1. The largest absolute Gasteiger partial charge is 0.467 e. The third-order valence-corrected chi connectivity index (χ3v) is 1.92. The van der Waals surface area contributed by atoms with E-state index >= 15 is 0 Å². The Morgan fingerprint density at radius 3 is 2.75 bits per heavy atom. The van der Waals surface area contributed by atoms with Gasteiger partial charge in [0.25, 0.3) is 0 Å². The van der Waals surface area contributed by atoms with Crippen LogP contribution in [0.3, 0.4) is 0 Å². The quantitative estimate of drug-likeness (QED) is 0.473. The van der Waals surface area contributed by atoms with Crippen molar-refractivity contribution in [3.8, 4) is 0 Å². The molecule has 0 amide bonds. The van der Waals surface area contributed by atoms with Gasteiger partial charge in [0.1, 0.15) is 0 Å². The molecule has 0 spiro atoms. The summed E-state index contributed by atoms with van der Waals surface area (Å²) in [5, 5.41) is 19.7. The molecule has 86 valence electrons. The predicted octanol–water partition coefficient (Wildman–Crippen LogP) is 0.940. The molecule has 0 aliphatic carbocycles. The van der Waals surface area contributed by atoms with Crippen molar-refractivity contribution in [1.82, 2.24) is 0 Å². The van der Waals surface area contributed by atoms with Crippen molar-refractivity contribution in [1.29, 1.82) is 0 Å². The van der Waals surface area contributed by atoms with Gasteiger partial charge in [0.15, 0.2) is 6.10 Å². The van der Waals surface area contributed by atoms with E-state index in [4.69, 9.17) is 0 Å². The SMILES string of the molecule is COC(=O)C(O)c1cccc([N+](=O)[O-])c1F. The predicted molar refractivity (Wildman–Crippen MR) is 50.0 cm³/mol. The second-order valence-corrected chi connectivity index (χ2v) is 2.86. The van der Waals surface area contributed by atoms with Gasteiger partial charge in [0.05, 0.1) is 12.0 Å². The number of nitro benzene ring substituents is 1. The van der Waals surface area contributed by atoms with Crippen molar-refractivity contribution in [2.45, 2.75) is 6.10 Å². The highest BCUT2D eigenvalue weighted by Gasteiger charge is 2.26. The third-order valence-electron chi connectivity index (χ3n) is 1.92. The van der Waals surface area contributed by atoms with Crippen molar-refractivity contribution in [3.63, 3.8) is 0 Å². The maximum Gasteiger partial charge on any atom is 0.339 e. The van der Waals surface area contributed by atoms with Crippen LogP contribution in [-0.2, 0) is 9.53 Å². The second-order valence-electron chi connectivity index (χ2n) is 2.86. The molecule has 1 aromatic carbocycles. The number of esters is 1. The first-order chi connectivity index (χ1) is 7.49. The van der Waals surface area contributed by atoms with Crippen molar-refractivity contribution in [2.24, 2.45) is 0 Å². The Morgan fingerprint density at radius 2 is 2.25 bits per heavy atom. The fourth-order valence-electron chi connectivity index (χ4n) is 1.13. The number of methoxy groups -OCH3 is 1. The van der Waals surface area contributed by atoms with E-state index in [0.29, 0.717) is 0 Å². The van der Waals surface area contributed by atoms with E-state index in [-0.39, 0.29) is 0 Å². The standard InChI is InChI=1S/C9H8FNO5/c1-16-9(13)8(12)5-3-2-4-6(7(5)10)11(14)15/h2-4,8,12H,1H3. The van der Waals surface area contributed by atoms with Crippen LogP contribution in [-0.4, -0.2) is 23.1 Å². The fourth-order valence-corrected chi connectivity index (χ4v) is 1.13. The van der Waals surface area contributed by atoms with E-state index in [2.05, 4.69) is 4.74 Å². The number of ether oxygens (including phenoxy) is 1. The normalized spacial score (nSPS) is 11.9. The van der Waals surface area contributed by atoms with Crippen LogP contribution in [0, 0.1) is 15.9 Å². The Kier molecular flexibility index (Phi) is 3.51. The van der Waals surface area contributed by atoms with Crippen LogP contribution in [0.2, 0.25) is 0 Å². The van der Waals surface area contributed by atoms with Gasteiger partial charge in [0, 0.05) is 11.6 Å². The summed E-state index contributed by atoms with van der Waals surface area (Å²) in [5.41, 5.74) is -1.29.